The molecule has 2 aromatic carbocycles. The molecule has 1 heterocycles. The van der Waals surface area contributed by atoms with Crippen molar-refractivity contribution in [3.05, 3.63) is 65.7 Å². The quantitative estimate of drug-likeness (QED) is 0.417. The molecule has 0 aliphatic carbocycles. The molecule has 178 valence electrons. The average Bonchev–Trinajstić information content (AvgIpc) is 2.80. The van der Waals surface area contributed by atoms with Crippen LogP contribution in [0.1, 0.15) is 18.1 Å². The highest BCUT2D eigenvalue weighted by Crippen LogP contribution is 2.29. The third kappa shape index (κ3) is 7.87. The normalized spacial score (nSPS) is 15.3. The zero-order chi connectivity index (χ0) is 23.7. The maximum Gasteiger partial charge on any atom is 0.416 e. The largest absolute Gasteiger partial charge is 0.416 e. The third-order valence-electron chi connectivity index (χ3n) is 5.24. The zero-order valence-electron chi connectivity index (χ0n) is 18.6. The molecule has 3 rings (SSSR count). The molecular formula is C24H28F3N3O3. The number of anilines is 1. The molecule has 0 spiro atoms. The van der Waals surface area contributed by atoms with Crippen LogP contribution in [0.15, 0.2) is 59.8 Å². The molecule has 1 aliphatic rings. The first-order chi connectivity index (χ1) is 15.8. The number of nitrogens with zero attached hydrogens (tertiary/aromatic N) is 3. The molecule has 6 nitrogen and oxygen atoms in total. The van der Waals surface area contributed by atoms with E-state index in [1.807, 2.05) is 30.3 Å². The van der Waals surface area contributed by atoms with Gasteiger partial charge in [-0.05, 0) is 30.7 Å². The molecule has 1 aliphatic heterocycles. The maximum absolute atomic E-state index is 12.9. The summed E-state index contributed by atoms with van der Waals surface area (Å²) in [6.07, 6.45) is -4.20. The van der Waals surface area contributed by atoms with Crippen molar-refractivity contribution in [2.45, 2.75) is 19.5 Å². The summed E-state index contributed by atoms with van der Waals surface area (Å²) in [6.45, 7) is 5.61. The van der Waals surface area contributed by atoms with Crippen LogP contribution < -0.4 is 4.90 Å². The van der Waals surface area contributed by atoms with E-state index in [4.69, 9.17) is 9.57 Å². The van der Waals surface area contributed by atoms with Crippen molar-refractivity contribution in [3.63, 3.8) is 0 Å². The van der Waals surface area contributed by atoms with E-state index in [9.17, 15) is 18.0 Å². The van der Waals surface area contributed by atoms with Gasteiger partial charge >= 0.3 is 6.18 Å². The summed E-state index contributed by atoms with van der Waals surface area (Å²) in [4.78, 5) is 22.0. The Morgan fingerprint density at radius 3 is 2.55 bits per heavy atom. The minimum atomic E-state index is -4.40. The van der Waals surface area contributed by atoms with E-state index < -0.39 is 11.7 Å². The number of alkyl halides is 3. The number of morpholine rings is 1. The lowest BCUT2D eigenvalue weighted by Crippen LogP contribution is -2.44. The fraction of sp³-hybridized carbons (Fsp3) is 0.417. The molecule has 9 heteroatoms. The molecule has 0 saturated carbocycles. The number of benzene rings is 2. The van der Waals surface area contributed by atoms with E-state index in [1.54, 1.807) is 17.9 Å². The highest BCUT2D eigenvalue weighted by molar-refractivity contribution is 5.94. The number of ether oxygens (including phenoxy) is 1. The highest BCUT2D eigenvalue weighted by atomic mass is 19.4. The first-order valence-electron chi connectivity index (χ1n) is 10.8. The van der Waals surface area contributed by atoms with E-state index in [0.717, 1.165) is 30.9 Å². The summed E-state index contributed by atoms with van der Waals surface area (Å²) in [7, 11) is 0. The number of hydrogen-bond donors (Lipinski definition) is 0. The SMILES string of the molecule is C/C(Cc1cccc(C(F)(F)F)c1)=N\OCC(=O)N(CCN1CCOCC1)c1ccccc1. The van der Waals surface area contributed by atoms with E-state index >= 15 is 0 Å². The first kappa shape index (κ1) is 24.7. The molecule has 2 aromatic rings. The Balaban J connectivity index is 1.57. The van der Waals surface area contributed by atoms with Gasteiger partial charge in [0.1, 0.15) is 0 Å². The summed E-state index contributed by atoms with van der Waals surface area (Å²) in [5.74, 6) is -0.245. The molecule has 0 bridgehead atoms. The van der Waals surface area contributed by atoms with Crippen LogP contribution in [0.2, 0.25) is 0 Å². The van der Waals surface area contributed by atoms with Crippen molar-refractivity contribution in [1.29, 1.82) is 0 Å². The lowest BCUT2D eigenvalue weighted by Gasteiger charge is -2.30. The van der Waals surface area contributed by atoms with Gasteiger partial charge in [-0.15, -0.1) is 0 Å². The van der Waals surface area contributed by atoms with Crippen LogP contribution >= 0.6 is 0 Å². The second-order valence-electron chi connectivity index (χ2n) is 7.81. The minimum Gasteiger partial charge on any atom is -0.386 e. The predicted molar refractivity (Wildman–Crippen MR) is 120 cm³/mol. The molecule has 33 heavy (non-hydrogen) atoms. The molecule has 1 fully saturated rings. The van der Waals surface area contributed by atoms with Gasteiger partial charge < -0.3 is 14.5 Å². The molecular weight excluding hydrogens is 435 g/mol. The van der Waals surface area contributed by atoms with Crippen molar-refractivity contribution in [2.75, 3.05) is 50.9 Å². The van der Waals surface area contributed by atoms with Gasteiger partial charge in [0.15, 0.2) is 6.61 Å². The fourth-order valence-corrected chi connectivity index (χ4v) is 3.53. The van der Waals surface area contributed by atoms with Gasteiger partial charge in [-0.2, -0.15) is 13.2 Å². The monoisotopic (exact) mass is 463 g/mol. The molecule has 0 N–H and O–H groups in total. The molecule has 1 saturated heterocycles. The van der Waals surface area contributed by atoms with Crippen molar-refractivity contribution in [1.82, 2.24) is 4.90 Å². The molecule has 0 unspecified atom stereocenters. The molecule has 0 aromatic heterocycles. The molecule has 0 atom stereocenters. The smallest absolute Gasteiger partial charge is 0.386 e. The summed E-state index contributed by atoms with van der Waals surface area (Å²) in [5, 5.41) is 3.94. The average molecular weight is 464 g/mol. The summed E-state index contributed by atoms with van der Waals surface area (Å²) in [6, 6.07) is 14.4. The Labute approximate surface area is 191 Å². The lowest BCUT2D eigenvalue weighted by atomic mass is 10.1. The molecule has 1 amide bonds. The Morgan fingerprint density at radius 1 is 1.12 bits per heavy atom. The van der Waals surface area contributed by atoms with Crippen molar-refractivity contribution in [3.8, 4) is 0 Å². The van der Waals surface area contributed by atoms with Gasteiger partial charge in [0.25, 0.3) is 5.91 Å². The standard InChI is InChI=1S/C24H28F3N3O3/c1-19(16-20-6-5-7-21(17-20)24(25,26)27)28-33-18-23(31)30(22-8-3-2-4-9-22)11-10-29-12-14-32-15-13-29/h2-9,17H,10-16,18H2,1H3/b28-19+. The number of rotatable bonds is 9. The number of halogens is 3. The zero-order valence-corrected chi connectivity index (χ0v) is 18.6. The lowest BCUT2D eigenvalue weighted by molar-refractivity contribution is -0.137. The highest BCUT2D eigenvalue weighted by Gasteiger charge is 2.30. The third-order valence-corrected chi connectivity index (χ3v) is 5.24. The number of oxime groups is 1. The van der Waals surface area contributed by atoms with E-state index in [1.165, 1.54) is 6.07 Å². The minimum absolute atomic E-state index is 0.192. The van der Waals surface area contributed by atoms with E-state index in [2.05, 4.69) is 10.1 Å². The van der Waals surface area contributed by atoms with E-state index in [0.29, 0.717) is 37.6 Å². The van der Waals surface area contributed by atoms with Gasteiger partial charge in [-0.25, -0.2) is 0 Å². The van der Waals surface area contributed by atoms with Crippen LogP contribution in [-0.4, -0.2) is 62.5 Å². The number of amides is 1. The summed E-state index contributed by atoms with van der Waals surface area (Å²) in [5.41, 5.74) is 1.01. The number of hydrogen-bond acceptors (Lipinski definition) is 5. The number of para-hydroxylation sites is 1. The van der Waals surface area contributed by atoms with Gasteiger partial charge in [-0.1, -0.05) is 41.6 Å². The van der Waals surface area contributed by atoms with Gasteiger partial charge in [-0.3, -0.25) is 9.69 Å². The van der Waals surface area contributed by atoms with Crippen LogP contribution in [0.25, 0.3) is 0 Å². The van der Waals surface area contributed by atoms with Crippen LogP contribution in [0.5, 0.6) is 0 Å². The number of carbonyl (C=O) groups excluding carboxylic acids is 1. The van der Waals surface area contributed by atoms with Crippen molar-refractivity contribution in [2.24, 2.45) is 5.16 Å². The number of carbonyl (C=O) groups is 1. The second-order valence-corrected chi connectivity index (χ2v) is 7.81. The van der Waals surface area contributed by atoms with Gasteiger partial charge in [0, 0.05) is 38.3 Å². The van der Waals surface area contributed by atoms with Crippen LogP contribution in [0.3, 0.4) is 0 Å². The van der Waals surface area contributed by atoms with Crippen molar-refractivity contribution < 1.29 is 27.5 Å². The topological polar surface area (TPSA) is 54.4 Å². The van der Waals surface area contributed by atoms with Gasteiger partial charge in [0.2, 0.25) is 0 Å². The van der Waals surface area contributed by atoms with Crippen molar-refractivity contribution >= 4 is 17.3 Å². The van der Waals surface area contributed by atoms with Gasteiger partial charge in [0.05, 0.1) is 24.5 Å². The fourth-order valence-electron chi connectivity index (χ4n) is 3.53. The Bertz CT molecular complexity index is 929. The Kier molecular flexibility index (Phi) is 8.85. The van der Waals surface area contributed by atoms with E-state index in [-0.39, 0.29) is 18.9 Å². The second kappa shape index (κ2) is 11.8. The Morgan fingerprint density at radius 2 is 1.85 bits per heavy atom. The first-order valence-corrected chi connectivity index (χ1v) is 10.8. The van der Waals surface area contributed by atoms with Crippen LogP contribution in [0.4, 0.5) is 18.9 Å². The predicted octanol–water partition coefficient (Wildman–Crippen LogP) is 4.01. The molecule has 0 radical (unpaired) electrons. The van der Waals surface area contributed by atoms with Crippen LogP contribution in [0, 0.1) is 0 Å². The maximum atomic E-state index is 12.9. The van der Waals surface area contributed by atoms with Crippen LogP contribution in [-0.2, 0) is 27.0 Å². The summed E-state index contributed by atoms with van der Waals surface area (Å²) < 4.78 is 44.0. The summed E-state index contributed by atoms with van der Waals surface area (Å²) >= 11 is 0. The Hall–Kier alpha value is -2.91.